The zero-order valence-corrected chi connectivity index (χ0v) is 11.4. The number of hydrogen-bond acceptors (Lipinski definition) is 0. The summed E-state index contributed by atoms with van der Waals surface area (Å²) in [6.45, 7) is 22.5. The van der Waals surface area contributed by atoms with Crippen LogP contribution in [0.5, 0.6) is 0 Å². The molecule has 14 heavy (non-hydrogen) atoms. The second-order valence-corrected chi connectivity index (χ2v) is 7.10. The number of rotatable bonds is 2. The minimum absolute atomic E-state index is 0.227. The molecule has 0 aliphatic rings. The van der Waals surface area contributed by atoms with Crippen molar-refractivity contribution in [2.45, 2.75) is 61.8 Å². The van der Waals surface area contributed by atoms with Gasteiger partial charge in [0.15, 0.2) is 0 Å². The maximum Gasteiger partial charge on any atom is -0.00684 e. The summed E-state index contributed by atoms with van der Waals surface area (Å²) < 4.78 is 0. The molecule has 0 amide bonds. The lowest BCUT2D eigenvalue weighted by molar-refractivity contribution is 0.0928. The molecule has 0 bridgehead atoms. The van der Waals surface area contributed by atoms with Crippen molar-refractivity contribution in [1.82, 2.24) is 0 Å². The van der Waals surface area contributed by atoms with Gasteiger partial charge in [-0.1, -0.05) is 60.6 Å². The molecule has 0 aliphatic carbocycles. The fraction of sp³-hybridized carbons (Fsp3) is 0.857. The Morgan fingerprint density at radius 1 is 0.929 bits per heavy atom. The van der Waals surface area contributed by atoms with Gasteiger partial charge in [0, 0.05) is 0 Å². The van der Waals surface area contributed by atoms with Crippen molar-refractivity contribution < 1.29 is 0 Å². The summed E-state index contributed by atoms with van der Waals surface area (Å²) in [5.41, 5.74) is 2.18. The van der Waals surface area contributed by atoms with E-state index in [2.05, 4.69) is 62.0 Å². The molecule has 0 heteroatoms. The molecule has 0 aromatic rings. The molecule has 0 N–H and O–H groups in total. The van der Waals surface area contributed by atoms with Gasteiger partial charge in [-0.05, 0) is 29.6 Å². The average molecular weight is 196 g/mol. The second kappa shape index (κ2) is 3.72. The predicted molar refractivity (Wildman–Crippen MR) is 66.4 cm³/mol. The van der Waals surface area contributed by atoms with Crippen LogP contribution in [-0.4, -0.2) is 0 Å². The van der Waals surface area contributed by atoms with E-state index in [-0.39, 0.29) is 10.8 Å². The molecule has 0 spiro atoms. The lowest BCUT2D eigenvalue weighted by Crippen LogP contribution is -2.37. The Morgan fingerprint density at radius 2 is 1.29 bits per heavy atom. The molecule has 0 heterocycles. The molecule has 0 saturated heterocycles. The van der Waals surface area contributed by atoms with Gasteiger partial charge in [0.25, 0.3) is 0 Å². The van der Waals surface area contributed by atoms with E-state index in [1.54, 1.807) is 0 Å². The first-order valence-electron chi connectivity index (χ1n) is 5.56. The molecule has 1 unspecified atom stereocenters. The Balaban J connectivity index is 5.04. The molecule has 0 nitrogen and oxygen atoms in total. The molecular formula is C14H28. The van der Waals surface area contributed by atoms with Gasteiger partial charge in [-0.2, -0.15) is 0 Å². The van der Waals surface area contributed by atoms with Gasteiger partial charge in [-0.15, -0.1) is 0 Å². The van der Waals surface area contributed by atoms with Crippen molar-refractivity contribution in [2.24, 2.45) is 16.2 Å². The SMILES string of the molecule is C=C(C)C(C)(CC(C)(C)C)C(C)(C)C. The van der Waals surface area contributed by atoms with Crippen LogP contribution in [0.25, 0.3) is 0 Å². The van der Waals surface area contributed by atoms with E-state index in [9.17, 15) is 0 Å². The third kappa shape index (κ3) is 3.15. The summed E-state index contributed by atoms with van der Waals surface area (Å²) in [6.07, 6.45) is 1.19. The van der Waals surface area contributed by atoms with Crippen molar-refractivity contribution in [3.8, 4) is 0 Å². The summed E-state index contributed by atoms with van der Waals surface area (Å²) >= 11 is 0. The number of allylic oxidation sites excluding steroid dienone is 1. The van der Waals surface area contributed by atoms with Crippen LogP contribution in [0.15, 0.2) is 12.2 Å². The first-order valence-corrected chi connectivity index (χ1v) is 5.56. The molecule has 1 atom stereocenters. The molecule has 84 valence electrons. The Kier molecular flexibility index (Phi) is 3.65. The van der Waals surface area contributed by atoms with E-state index >= 15 is 0 Å². The topological polar surface area (TPSA) is 0 Å². The van der Waals surface area contributed by atoms with Crippen molar-refractivity contribution >= 4 is 0 Å². The van der Waals surface area contributed by atoms with E-state index < -0.39 is 0 Å². The van der Waals surface area contributed by atoms with Gasteiger partial charge in [-0.3, -0.25) is 0 Å². The Bertz CT molecular complexity index is 209. The summed E-state index contributed by atoms with van der Waals surface area (Å²) in [5.74, 6) is 0. The Morgan fingerprint density at radius 3 is 1.36 bits per heavy atom. The predicted octanol–water partition coefficient (Wildman–Crippen LogP) is 5.05. The van der Waals surface area contributed by atoms with E-state index in [4.69, 9.17) is 0 Å². The zero-order chi connectivity index (χ0) is 11.8. The third-order valence-corrected chi connectivity index (χ3v) is 3.48. The molecule has 0 aromatic heterocycles. The molecular weight excluding hydrogens is 168 g/mol. The van der Waals surface area contributed by atoms with E-state index in [1.807, 2.05) is 0 Å². The zero-order valence-electron chi connectivity index (χ0n) is 11.4. The summed E-state index contributed by atoms with van der Waals surface area (Å²) in [4.78, 5) is 0. The van der Waals surface area contributed by atoms with Crippen molar-refractivity contribution in [1.29, 1.82) is 0 Å². The number of hydrogen-bond donors (Lipinski definition) is 0. The fourth-order valence-corrected chi connectivity index (χ4v) is 2.12. The maximum atomic E-state index is 4.18. The molecule has 0 aliphatic heterocycles. The minimum atomic E-state index is 0.227. The largest absolute Gasteiger partial charge is 0.0996 e. The highest BCUT2D eigenvalue weighted by molar-refractivity contribution is 5.11. The second-order valence-electron chi connectivity index (χ2n) is 7.10. The van der Waals surface area contributed by atoms with Crippen LogP contribution < -0.4 is 0 Å². The summed E-state index contributed by atoms with van der Waals surface area (Å²) in [7, 11) is 0. The highest BCUT2D eigenvalue weighted by atomic mass is 14.4. The van der Waals surface area contributed by atoms with Crippen molar-refractivity contribution in [3.05, 3.63) is 12.2 Å². The lowest BCUT2D eigenvalue weighted by Gasteiger charge is -2.46. The molecule has 0 rings (SSSR count). The monoisotopic (exact) mass is 196 g/mol. The smallest absolute Gasteiger partial charge is 0.00684 e. The van der Waals surface area contributed by atoms with Gasteiger partial charge < -0.3 is 0 Å². The molecule has 0 radical (unpaired) electrons. The maximum absolute atomic E-state index is 4.18. The van der Waals surface area contributed by atoms with Crippen LogP contribution in [0.2, 0.25) is 0 Å². The first kappa shape index (κ1) is 13.7. The van der Waals surface area contributed by atoms with Crippen LogP contribution in [0, 0.1) is 16.2 Å². The highest BCUT2D eigenvalue weighted by Crippen LogP contribution is 2.50. The van der Waals surface area contributed by atoms with Crippen LogP contribution >= 0.6 is 0 Å². The Hall–Kier alpha value is -0.260. The van der Waals surface area contributed by atoms with Gasteiger partial charge in [0.2, 0.25) is 0 Å². The van der Waals surface area contributed by atoms with Crippen LogP contribution in [0.3, 0.4) is 0 Å². The lowest BCUT2D eigenvalue weighted by atomic mass is 9.58. The normalized spacial score (nSPS) is 17.7. The summed E-state index contributed by atoms with van der Waals surface area (Å²) in [6, 6.07) is 0. The quantitative estimate of drug-likeness (QED) is 0.542. The van der Waals surface area contributed by atoms with E-state index in [1.165, 1.54) is 12.0 Å². The third-order valence-electron chi connectivity index (χ3n) is 3.48. The van der Waals surface area contributed by atoms with Gasteiger partial charge >= 0.3 is 0 Å². The highest BCUT2D eigenvalue weighted by Gasteiger charge is 2.40. The van der Waals surface area contributed by atoms with Crippen LogP contribution in [0.4, 0.5) is 0 Å². The van der Waals surface area contributed by atoms with Gasteiger partial charge in [0.1, 0.15) is 0 Å². The molecule has 0 aromatic carbocycles. The van der Waals surface area contributed by atoms with E-state index in [0.29, 0.717) is 5.41 Å². The Labute approximate surface area is 90.8 Å². The van der Waals surface area contributed by atoms with Crippen LogP contribution in [-0.2, 0) is 0 Å². The molecule has 0 saturated carbocycles. The van der Waals surface area contributed by atoms with Crippen molar-refractivity contribution in [2.75, 3.05) is 0 Å². The molecule has 0 fully saturated rings. The van der Waals surface area contributed by atoms with E-state index in [0.717, 1.165) is 0 Å². The fourth-order valence-electron chi connectivity index (χ4n) is 2.12. The minimum Gasteiger partial charge on any atom is -0.0996 e. The van der Waals surface area contributed by atoms with Crippen molar-refractivity contribution in [3.63, 3.8) is 0 Å². The van der Waals surface area contributed by atoms with Crippen LogP contribution in [0.1, 0.15) is 61.8 Å². The standard InChI is InChI=1S/C14H28/c1-11(2)14(9,13(6,7)8)10-12(3,4)5/h1,10H2,2-9H3. The average Bonchev–Trinajstić information content (AvgIpc) is 1.79. The first-order chi connectivity index (χ1) is 5.90. The summed E-state index contributed by atoms with van der Waals surface area (Å²) in [5, 5.41) is 0. The van der Waals surface area contributed by atoms with Gasteiger partial charge in [0.05, 0.1) is 0 Å². The van der Waals surface area contributed by atoms with Gasteiger partial charge in [-0.25, -0.2) is 0 Å².